The summed E-state index contributed by atoms with van der Waals surface area (Å²) in [7, 11) is 1.59. The van der Waals surface area contributed by atoms with Crippen molar-refractivity contribution in [2.45, 2.75) is 27.7 Å². The van der Waals surface area contributed by atoms with E-state index in [9.17, 15) is 9.59 Å². The molecule has 0 unspecified atom stereocenters. The molecule has 5 heteroatoms. The predicted molar refractivity (Wildman–Crippen MR) is 81.8 cm³/mol. The molecular formula is C16H26N2O3. The van der Waals surface area contributed by atoms with Gasteiger partial charge in [-0.3, -0.25) is 9.59 Å². The Morgan fingerprint density at radius 1 is 1.24 bits per heavy atom. The number of hydrogen-bond donors (Lipinski definition) is 1. The molecule has 1 N–H and O–H groups in total. The molecule has 1 aromatic rings. The maximum atomic E-state index is 11.9. The summed E-state index contributed by atoms with van der Waals surface area (Å²) in [4.78, 5) is 25.2. The van der Waals surface area contributed by atoms with Gasteiger partial charge in [-0.25, -0.2) is 0 Å². The van der Waals surface area contributed by atoms with Crippen LogP contribution in [0.3, 0.4) is 0 Å². The third-order valence-electron chi connectivity index (χ3n) is 3.71. The molecular weight excluding hydrogens is 268 g/mol. The molecule has 0 radical (unpaired) electrons. The number of hydrogen-bond acceptors (Lipinski definition) is 3. The molecule has 1 heterocycles. The first kappa shape index (κ1) is 17.3. The number of furan rings is 1. The first-order valence-electron chi connectivity index (χ1n) is 7.38. The SMILES string of the molecule is CC(C)C(CNC(=O)CN(C)C(=O)c1ccco1)C(C)C. The minimum Gasteiger partial charge on any atom is -0.459 e. The highest BCUT2D eigenvalue weighted by Crippen LogP contribution is 2.19. The van der Waals surface area contributed by atoms with E-state index in [1.807, 2.05) is 0 Å². The van der Waals surface area contributed by atoms with Crippen LogP contribution in [0.15, 0.2) is 22.8 Å². The van der Waals surface area contributed by atoms with Gasteiger partial charge < -0.3 is 14.6 Å². The monoisotopic (exact) mass is 294 g/mol. The molecule has 0 spiro atoms. The second-order valence-electron chi connectivity index (χ2n) is 6.09. The fourth-order valence-electron chi connectivity index (χ4n) is 2.40. The van der Waals surface area contributed by atoms with Crippen LogP contribution in [-0.4, -0.2) is 36.9 Å². The zero-order chi connectivity index (χ0) is 16.0. The summed E-state index contributed by atoms with van der Waals surface area (Å²) in [5, 5.41) is 2.91. The van der Waals surface area contributed by atoms with E-state index < -0.39 is 0 Å². The number of carbonyl (C=O) groups excluding carboxylic acids is 2. The van der Waals surface area contributed by atoms with Crippen LogP contribution in [-0.2, 0) is 4.79 Å². The van der Waals surface area contributed by atoms with Crippen molar-refractivity contribution in [2.24, 2.45) is 17.8 Å². The van der Waals surface area contributed by atoms with E-state index in [4.69, 9.17) is 4.42 Å². The first-order chi connectivity index (χ1) is 9.82. The van der Waals surface area contributed by atoms with Gasteiger partial charge in [-0.2, -0.15) is 0 Å². The van der Waals surface area contributed by atoms with Gasteiger partial charge >= 0.3 is 0 Å². The largest absolute Gasteiger partial charge is 0.459 e. The lowest BCUT2D eigenvalue weighted by Crippen LogP contribution is -2.41. The van der Waals surface area contributed by atoms with E-state index in [0.717, 1.165) is 0 Å². The maximum Gasteiger partial charge on any atom is 0.289 e. The van der Waals surface area contributed by atoms with E-state index in [2.05, 4.69) is 33.0 Å². The van der Waals surface area contributed by atoms with Crippen LogP contribution in [0.1, 0.15) is 38.2 Å². The Morgan fingerprint density at radius 2 is 1.86 bits per heavy atom. The van der Waals surface area contributed by atoms with Crippen LogP contribution in [0.2, 0.25) is 0 Å². The lowest BCUT2D eigenvalue weighted by molar-refractivity contribution is -0.121. The fourth-order valence-corrected chi connectivity index (χ4v) is 2.40. The number of carbonyl (C=O) groups is 2. The summed E-state index contributed by atoms with van der Waals surface area (Å²) in [5.74, 6) is 1.25. The molecule has 0 aromatic carbocycles. The van der Waals surface area contributed by atoms with Crippen molar-refractivity contribution in [3.8, 4) is 0 Å². The number of rotatable bonds is 7. The highest BCUT2D eigenvalue weighted by atomic mass is 16.3. The summed E-state index contributed by atoms with van der Waals surface area (Å²) < 4.78 is 5.04. The Hall–Kier alpha value is -1.78. The fraction of sp³-hybridized carbons (Fsp3) is 0.625. The molecule has 1 aromatic heterocycles. The highest BCUT2D eigenvalue weighted by molar-refractivity contribution is 5.94. The van der Waals surface area contributed by atoms with Crippen molar-refractivity contribution in [3.05, 3.63) is 24.2 Å². The van der Waals surface area contributed by atoms with Crippen molar-refractivity contribution in [1.29, 1.82) is 0 Å². The lowest BCUT2D eigenvalue weighted by Gasteiger charge is -2.25. The normalized spacial score (nSPS) is 11.2. The smallest absolute Gasteiger partial charge is 0.289 e. The molecule has 0 aliphatic rings. The average Bonchev–Trinajstić information content (AvgIpc) is 2.90. The number of likely N-dealkylation sites (N-methyl/N-ethyl adjacent to an activating group) is 1. The summed E-state index contributed by atoms with van der Waals surface area (Å²) >= 11 is 0. The van der Waals surface area contributed by atoms with Crippen molar-refractivity contribution in [2.75, 3.05) is 20.1 Å². The lowest BCUT2D eigenvalue weighted by atomic mass is 9.85. The van der Waals surface area contributed by atoms with E-state index >= 15 is 0 Å². The van der Waals surface area contributed by atoms with Crippen molar-refractivity contribution < 1.29 is 14.0 Å². The van der Waals surface area contributed by atoms with Gasteiger partial charge in [0.1, 0.15) is 0 Å². The van der Waals surface area contributed by atoms with Gasteiger partial charge in [0, 0.05) is 13.6 Å². The van der Waals surface area contributed by atoms with Gasteiger partial charge in [0.2, 0.25) is 5.91 Å². The molecule has 0 fully saturated rings. The molecule has 0 saturated carbocycles. The Kier molecular flexibility index (Phi) is 6.46. The average molecular weight is 294 g/mol. The van der Waals surface area contributed by atoms with Crippen LogP contribution in [0.25, 0.3) is 0 Å². The minimum absolute atomic E-state index is 0.0302. The van der Waals surface area contributed by atoms with Gasteiger partial charge in [0.05, 0.1) is 12.8 Å². The number of nitrogens with one attached hydrogen (secondary N) is 1. The van der Waals surface area contributed by atoms with Crippen molar-refractivity contribution in [1.82, 2.24) is 10.2 Å². The Bertz CT molecular complexity index is 444. The zero-order valence-corrected chi connectivity index (χ0v) is 13.6. The molecule has 0 saturated heterocycles. The third kappa shape index (κ3) is 5.25. The Balaban J connectivity index is 2.44. The van der Waals surface area contributed by atoms with Gasteiger partial charge in [-0.15, -0.1) is 0 Å². The predicted octanol–water partition coefficient (Wildman–Crippen LogP) is 2.40. The van der Waals surface area contributed by atoms with E-state index in [1.165, 1.54) is 11.2 Å². The van der Waals surface area contributed by atoms with Crippen molar-refractivity contribution in [3.63, 3.8) is 0 Å². The molecule has 0 aliphatic carbocycles. The Morgan fingerprint density at radius 3 is 2.33 bits per heavy atom. The summed E-state index contributed by atoms with van der Waals surface area (Å²) in [5.41, 5.74) is 0. The van der Waals surface area contributed by atoms with E-state index in [1.54, 1.807) is 19.2 Å². The number of amides is 2. The van der Waals surface area contributed by atoms with Crippen LogP contribution in [0.4, 0.5) is 0 Å². The molecule has 5 nitrogen and oxygen atoms in total. The second kappa shape index (κ2) is 7.86. The van der Waals surface area contributed by atoms with Crippen LogP contribution >= 0.6 is 0 Å². The molecule has 0 aliphatic heterocycles. The Labute approximate surface area is 126 Å². The van der Waals surface area contributed by atoms with Gasteiger partial charge in [0.15, 0.2) is 5.76 Å². The minimum atomic E-state index is -0.292. The zero-order valence-electron chi connectivity index (χ0n) is 13.6. The standard InChI is InChI=1S/C16H26N2O3/c1-11(2)13(12(3)4)9-17-15(19)10-18(5)16(20)14-7-6-8-21-14/h6-8,11-13H,9-10H2,1-5H3,(H,17,19). The third-order valence-corrected chi connectivity index (χ3v) is 3.71. The molecule has 118 valence electrons. The van der Waals surface area contributed by atoms with Gasteiger partial charge in [0.25, 0.3) is 5.91 Å². The van der Waals surface area contributed by atoms with Crippen LogP contribution in [0.5, 0.6) is 0 Å². The van der Waals surface area contributed by atoms with E-state index in [0.29, 0.717) is 24.3 Å². The van der Waals surface area contributed by atoms with Crippen LogP contribution in [0, 0.1) is 17.8 Å². The molecule has 2 amide bonds. The van der Waals surface area contributed by atoms with Gasteiger partial charge in [-0.1, -0.05) is 27.7 Å². The summed E-state index contributed by atoms with van der Waals surface area (Å²) in [6, 6.07) is 3.24. The summed E-state index contributed by atoms with van der Waals surface area (Å²) in [6.07, 6.45) is 1.44. The second-order valence-corrected chi connectivity index (χ2v) is 6.09. The summed E-state index contributed by atoms with van der Waals surface area (Å²) in [6.45, 7) is 9.29. The highest BCUT2D eigenvalue weighted by Gasteiger charge is 2.20. The molecule has 1 rings (SSSR count). The van der Waals surface area contributed by atoms with E-state index in [-0.39, 0.29) is 24.1 Å². The van der Waals surface area contributed by atoms with Gasteiger partial charge in [-0.05, 0) is 29.9 Å². The topological polar surface area (TPSA) is 62.6 Å². The quantitative estimate of drug-likeness (QED) is 0.840. The van der Waals surface area contributed by atoms with Crippen molar-refractivity contribution >= 4 is 11.8 Å². The maximum absolute atomic E-state index is 11.9. The first-order valence-corrected chi connectivity index (χ1v) is 7.38. The molecule has 0 atom stereocenters. The molecule has 0 bridgehead atoms. The molecule has 21 heavy (non-hydrogen) atoms. The number of nitrogens with zero attached hydrogens (tertiary/aromatic N) is 1. The van der Waals surface area contributed by atoms with Crippen LogP contribution < -0.4 is 5.32 Å².